The molecule has 1 N–H and O–H groups in total. The molecule has 0 unspecified atom stereocenters. The summed E-state index contributed by atoms with van der Waals surface area (Å²) < 4.78 is 25.1. The van der Waals surface area contributed by atoms with E-state index in [9.17, 15) is 8.42 Å². The third-order valence-corrected chi connectivity index (χ3v) is 4.22. The number of benzene rings is 1. The van der Waals surface area contributed by atoms with Crippen LogP contribution < -0.4 is 4.72 Å². The van der Waals surface area contributed by atoms with Gasteiger partial charge in [-0.15, -0.1) is 0 Å². The van der Waals surface area contributed by atoms with Gasteiger partial charge in [-0.05, 0) is 25.3 Å². The van der Waals surface area contributed by atoms with Gasteiger partial charge in [-0.2, -0.15) is 0 Å². The van der Waals surface area contributed by atoms with Crippen LogP contribution in [0.15, 0.2) is 24.3 Å². The number of aryl methyl sites for hydroxylation is 1. The van der Waals surface area contributed by atoms with Crippen LogP contribution in [-0.4, -0.2) is 38.7 Å². The highest BCUT2D eigenvalue weighted by Crippen LogP contribution is 2.15. The highest BCUT2D eigenvalue weighted by Gasteiger charge is 2.21. The van der Waals surface area contributed by atoms with Crippen molar-refractivity contribution in [2.24, 2.45) is 0 Å². The van der Waals surface area contributed by atoms with Gasteiger partial charge >= 0.3 is 0 Å². The van der Waals surface area contributed by atoms with E-state index in [1.54, 1.807) is 0 Å². The fourth-order valence-corrected chi connectivity index (χ4v) is 3.42. The molecule has 4 nitrogen and oxygen atoms in total. The Morgan fingerprint density at radius 1 is 1.32 bits per heavy atom. The lowest BCUT2D eigenvalue weighted by atomic mass is 10.0. The Hall–Kier alpha value is -0.910. The van der Waals surface area contributed by atoms with Crippen LogP contribution >= 0.6 is 0 Å². The van der Waals surface area contributed by atoms with Gasteiger partial charge in [0, 0.05) is 25.7 Å². The maximum Gasteiger partial charge on any atom is 0.208 e. The summed E-state index contributed by atoms with van der Waals surface area (Å²) in [6.07, 6.45) is 3.00. The topological polar surface area (TPSA) is 49.4 Å². The zero-order chi connectivity index (χ0) is 13.9. The highest BCUT2D eigenvalue weighted by molar-refractivity contribution is 7.88. The van der Waals surface area contributed by atoms with Gasteiger partial charge in [0.2, 0.25) is 10.0 Å². The SMILES string of the molecule is Cc1cccc(CN2CCC(NS(C)(=O)=O)CC2)c1. The molecule has 0 saturated carbocycles. The Bertz CT molecular complexity index is 520. The number of piperidine rings is 1. The molecular formula is C14H22N2O2S. The quantitative estimate of drug-likeness (QED) is 0.910. The number of nitrogens with one attached hydrogen (secondary N) is 1. The van der Waals surface area contributed by atoms with Gasteiger partial charge in [0.1, 0.15) is 0 Å². The van der Waals surface area contributed by atoms with Crippen LogP contribution in [0.3, 0.4) is 0 Å². The molecule has 0 atom stereocenters. The lowest BCUT2D eigenvalue weighted by molar-refractivity contribution is 0.200. The lowest BCUT2D eigenvalue weighted by Crippen LogP contribution is -2.43. The van der Waals surface area contributed by atoms with Crippen LogP contribution in [0, 0.1) is 6.92 Å². The fourth-order valence-electron chi connectivity index (χ4n) is 2.58. The number of hydrogen-bond donors (Lipinski definition) is 1. The minimum atomic E-state index is -3.07. The summed E-state index contributed by atoms with van der Waals surface area (Å²) in [5.41, 5.74) is 2.61. The monoisotopic (exact) mass is 282 g/mol. The number of sulfonamides is 1. The fraction of sp³-hybridized carbons (Fsp3) is 0.571. The second kappa shape index (κ2) is 6.03. The molecule has 1 aliphatic heterocycles. The van der Waals surface area contributed by atoms with Crippen LogP contribution in [0.5, 0.6) is 0 Å². The molecule has 1 saturated heterocycles. The molecule has 1 heterocycles. The molecule has 0 aromatic heterocycles. The van der Waals surface area contributed by atoms with E-state index >= 15 is 0 Å². The number of hydrogen-bond acceptors (Lipinski definition) is 3. The van der Waals surface area contributed by atoms with Crippen molar-refractivity contribution < 1.29 is 8.42 Å². The molecule has 0 amide bonds. The maximum atomic E-state index is 11.2. The average Bonchev–Trinajstić information content (AvgIpc) is 2.30. The molecule has 2 rings (SSSR count). The molecule has 106 valence electrons. The largest absolute Gasteiger partial charge is 0.299 e. The molecule has 1 aliphatic rings. The molecule has 1 aromatic carbocycles. The number of rotatable bonds is 4. The minimum Gasteiger partial charge on any atom is -0.299 e. The van der Waals surface area contributed by atoms with Crippen molar-refractivity contribution in [2.75, 3.05) is 19.3 Å². The molecular weight excluding hydrogens is 260 g/mol. The Morgan fingerprint density at radius 3 is 2.58 bits per heavy atom. The van der Waals surface area contributed by atoms with Gasteiger partial charge in [0.05, 0.1) is 6.26 Å². The summed E-state index contributed by atoms with van der Waals surface area (Å²) in [6.45, 7) is 4.95. The second-order valence-corrected chi connectivity index (χ2v) is 7.21. The molecule has 0 spiro atoms. The van der Waals surface area contributed by atoms with Crippen molar-refractivity contribution in [1.29, 1.82) is 0 Å². The zero-order valence-corrected chi connectivity index (χ0v) is 12.4. The van der Waals surface area contributed by atoms with Crippen LogP contribution in [0.1, 0.15) is 24.0 Å². The van der Waals surface area contributed by atoms with E-state index in [0.717, 1.165) is 32.5 Å². The highest BCUT2D eigenvalue weighted by atomic mass is 32.2. The smallest absolute Gasteiger partial charge is 0.208 e. The van der Waals surface area contributed by atoms with E-state index in [4.69, 9.17) is 0 Å². The predicted octanol–water partition coefficient (Wildman–Crippen LogP) is 1.51. The van der Waals surface area contributed by atoms with Gasteiger partial charge in [0.25, 0.3) is 0 Å². The standard InChI is InChI=1S/C14H22N2O2S/c1-12-4-3-5-13(10-12)11-16-8-6-14(7-9-16)15-19(2,17)18/h3-5,10,14-15H,6-9,11H2,1-2H3. The summed E-state index contributed by atoms with van der Waals surface area (Å²) in [7, 11) is -3.07. The first-order valence-corrected chi connectivity index (χ1v) is 8.57. The summed E-state index contributed by atoms with van der Waals surface area (Å²) in [5, 5.41) is 0. The van der Waals surface area contributed by atoms with E-state index in [1.807, 2.05) is 0 Å². The Labute approximate surface area is 115 Å². The van der Waals surface area contributed by atoms with Crippen LogP contribution in [-0.2, 0) is 16.6 Å². The first-order chi connectivity index (χ1) is 8.92. The van der Waals surface area contributed by atoms with Gasteiger partial charge in [-0.3, -0.25) is 4.90 Å². The van der Waals surface area contributed by atoms with E-state index in [1.165, 1.54) is 17.4 Å². The van der Waals surface area contributed by atoms with E-state index in [0.29, 0.717) is 0 Å². The molecule has 0 aliphatic carbocycles. The summed E-state index contributed by atoms with van der Waals surface area (Å²) in [6, 6.07) is 8.65. The van der Waals surface area contributed by atoms with Gasteiger partial charge in [-0.1, -0.05) is 29.8 Å². The average molecular weight is 282 g/mol. The summed E-state index contributed by atoms with van der Waals surface area (Å²) in [4.78, 5) is 2.38. The Kier molecular flexibility index (Phi) is 4.60. The van der Waals surface area contributed by atoms with Crippen molar-refractivity contribution in [2.45, 2.75) is 32.4 Å². The van der Waals surface area contributed by atoms with E-state index < -0.39 is 10.0 Å². The van der Waals surface area contributed by atoms with Gasteiger partial charge in [-0.25, -0.2) is 13.1 Å². The predicted molar refractivity (Wildman–Crippen MR) is 77.5 cm³/mol. The van der Waals surface area contributed by atoms with Crippen molar-refractivity contribution in [3.05, 3.63) is 35.4 Å². The normalized spacial score (nSPS) is 18.6. The first kappa shape index (κ1) is 14.5. The third-order valence-electron chi connectivity index (χ3n) is 3.46. The van der Waals surface area contributed by atoms with Crippen molar-refractivity contribution in [3.8, 4) is 0 Å². The second-order valence-electron chi connectivity index (χ2n) is 5.43. The molecule has 0 radical (unpaired) electrons. The van der Waals surface area contributed by atoms with E-state index in [2.05, 4.69) is 40.8 Å². The Balaban J connectivity index is 1.84. The molecule has 1 fully saturated rings. The zero-order valence-electron chi connectivity index (χ0n) is 11.6. The lowest BCUT2D eigenvalue weighted by Gasteiger charge is -2.32. The summed E-state index contributed by atoms with van der Waals surface area (Å²) >= 11 is 0. The maximum absolute atomic E-state index is 11.2. The first-order valence-electron chi connectivity index (χ1n) is 6.67. The third kappa shape index (κ3) is 4.93. The summed E-state index contributed by atoms with van der Waals surface area (Å²) in [5.74, 6) is 0. The Morgan fingerprint density at radius 2 is 2.00 bits per heavy atom. The van der Waals surface area contributed by atoms with Crippen LogP contribution in [0.2, 0.25) is 0 Å². The molecule has 1 aromatic rings. The number of nitrogens with zero attached hydrogens (tertiary/aromatic N) is 1. The van der Waals surface area contributed by atoms with Gasteiger partial charge < -0.3 is 0 Å². The van der Waals surface area contributed by atoms with Crippen LogP contribution in [0.4, 0.5) is 0 Å². The van der Waals surface area contributed by atoms with Crippen molar-refractivity contribution in [3.63, 3.8) is 0 Å². The molecule has 19 heavy (non-hydrogen) atoms. The number of likely N-dealkylation sites (tertiary alicyclic amines) is 1. The van der Waals surface area contributed by atoms with E-state index in [-0.39, 0.29) is 6.04 Å². The minimum absolute atomic E-state index is 0.101. The molecule has 0 bridgehead atoms. The van der Waals surface area contributed by atoms with Gasteiger partial charge in [0.15, 0.2) is 0 Å². The van der Waals surface area contributed by atoms with Crippen molar-refractivity contribution >= 4 is 10.0 Å². The van der Waals surface area contributed by atoms with Crippen molar-refractivity contribution in [1.82, 2.24) is 9.62 Å². The van der Waals surface area contributed by atoms with Crippen LogP contribution in [0.25, 0.3) is 0 Å². The molecule has 5 heteroatoms.